The number of amides is 2. The number of hydrogen-bond donors (Lipinski definition) is 2. The summed E-state index contributed by atoms with van der Waals surface area (Å²) in [6.45, 7) is 3.99. The number of ether oxygens (including phenoxy) is 1. The Bertz CT molecular complexity index is 980. The van der Waals surface area contributed by atoms with E-state index in [1.807, 2.05) is 49.4 Å². The molecule has 154 valence electrons. The maximum Gasteiger partial charge on any atom is 0.319 e. The molecule has 1 aliphatic heterocycles. The lowest BCUT2D eigenvalue weighted by molar-refractivity contribution is 0.249. The van der Waals surface area contributed by atoms with Gasteiger partial charge in [0.05, 0.1) is 12.3 Å². The van der Waals surface area contributed by atoms with Crippen LogP contribution in [-0.2, 0) is 0 Å². The fraction of sp³-hybridized carbons (Fsp3) is 0.273. The van der Waals surface area contributed by atoms with E-state index in [0.717, 1.165) is 35.7 Å². The highest BCUT2D eigenvalue weighted by Crippen LogP contribution is 2.21. The number of carbonyl (C=O) groups excluding carboxylic acids is 1. The van der Waals surface area contributed by atoms with Gasteiger partial charge < -0.3 is 20.3 Å². The van der Waals surface area contributed by atoms with Crippen LogP contribution in [0.5, 0.6) is 5.75 Å². The highest BCUT2D eigenvalue weighted by atomic mass is 16.5. The number of anilines is 2. The molecule has 3 aromatic rings. The SMILES string of the molecule is CCOc1ccc(NC(=O)NC2CCN(c3nccc(-c4cccnc4)n3)C2)cc1. The molecule has 8 heteroatoms. The molecule has 1 fully saturated rings. The molecule has 0 bridgehead atoms. The van der Waals surface area contributed by atoms with Gasteiger partial charge in [0.25, 0.3) is 0 Å². The summed E-state index contributed by atoms with van der Waals surface area (Å²) in [5.41, 5.74) is 2.50. The zero-order chi connectivity index (χ0) is 20.8. The van der Waals surface area contributed by atoms with Crippen LogP contribution in [0.3, 0.4) is 0 Å². The Balaban J connectivity index is 1.33. The van der Waals surface area contributed by atoms with Crippen LogP contribution < -0.4 is 20.3 Å². The number of benzene rings is 1. The molecule has 2 aromatic heterocycles. The van der Waals surface area contributed by atoms with Gasteiger partial charge in [-0.25, -0.2) is 14.8 Å². The van der Waals surface area contributed by atoms with Gasteiger partial charge in [-0.05, 0) is 55.8 Å². The van der Waals surface area contributed by atoms with Gasteiger partial charge in [0, 0.05) is 49.0 Å². The molecule has 2 N–H and O–H groups in total. The van der Waals surface area contributed by atoms with Crippen molar-refractivity contribution in [2.75, 3.05) is 29.9 Å². The summed E-state index contributed by atoms with van der Waals surface area (Å²) < 4.78 is 5.41. The van der Waals surface area contributed by atoms with Gasteiger partial charge in [0.2, 0.25) is 5.95 Å². The van der Waals surface area contributed by atoms with Gasteiger partial charge in [-0.1, -0.05) is 0 Å². The Morgan fingerprint density at radius 1 is 1.20 bits per heavy atom. The normalized spacial score (nSPS) is 15.6. The van der Waals surface area contributed by atoms with E-state index in [1.54, 1.807) is 18.6 Å². The van der Waals surface area contributed by atoms with Gasteiger partial charge in [-0.3, -0.25) is 4.98 Å². The smallest absolute Gasteiger partial charge is 0.319 e. The van der Waals surface area contributed by atoms with E-state index in [0.29, 0.717) is 19.1 Å². The highest BCUT2D eigenvalue weighted by molar-refractivity contribution is 5.89. The molecule has 1 unspecified atom stereocenters. The van der Waals surface area contributed by atoms with E-state index >= 15 is 0 Å². The summed E-state index contributed by atoms with van der Waals surface area (Å²) in [5, 5.41) is 5.89. The summed E-state index contributed by atoms with van der Waals surface area (Å²) in [6.07, 6.45) is 6.10. The van der Waals surface area contributed by atoms with Crippen molar-refractivity contribution in [3.05, 3.63) is 61.1 Å². The Hall–Kier alpha value is -3.68. The zero-order valence-corrected chi connectivity index (χ0v) is 16.8. The summed E-state index contributed by atoms with van der Waals surface area (Å²) in [4.78, 5) is 27.7. The molecule has 1 aromatic carbocycles. The quantitative estimate of drug-likeness (QED) is 0.655. The second-order valence-electron chi connectivity index (χ2n) is 6.97. The largest absolute Gasteiger partial charge is 0.494 e. The van der Waals surface area contributed by atoms with Gasteiger partial charge in [0.1, 0.15) is 5.75 Å². The maximum absolute atomic E-state index is 12.4. The van der Waals surface area contributed by atoms with E-state index in [9.17, 15) is 4.79 Å². The molecule has 1 atom stereocenters. The number of hydrogen-bond acceptors (Lipinski definition) is 6. The predicted molar refractivity (Wildman–Crippen MR) is 116 cm³/mol. The first-order valence-corrected chi connectivity index (χ1v) is 10.00. The van der Waals surface area contributed by atoms with Gasteiger partial charge in [-0.2, -0.15) is 0 Å². The highest BCUT2D eigenvalue weighted by Gasteiger charge is 2.26. The molecule has 8 nitrogen and oxygen atoms in total. The van der Waals surface area contributed by atoms with Crippen molar-refractivity contribution in [1.29, 1.82) is 0 Å². The molecule has 1 aliphatic rings. The van der Waals surface area contributed by atoms with Crippen molar-refractivity contribution < 1.29 is 9.53 Å². The number of rotatable bonds is 6. The number of urea groups is 1. The molecule has 30 heavy (non-hydrogen) atoms. The second-order valence-corrected chi connectivity index (χ2v) is 6.97. The summed E-state index contributed by atoms with van der Waals surface area (Å²) >= 11 is 0. The summed E-state index contributed by atoms with van der Waals surface area (Å²) in [6, 6.07) is 12.8. The number of nitrogens with one attached hydrogen (secondary N) is 2. The lowest BCUT2D eigenvalue weighted by atomic mass is 10.2. The monoisotopic (exact) mass is 404 g/mol. The van der Waals surface area contributed by atoms with Gasteiger partial charge in [-0.15, -0.1) is 0 Å². The van der Waals surface area contributed by atoms with Crippen LogP contribution in [0.1, 0.15) is 13.3 Å². The number of aromatic nitrogens is 3. The third-order valence-electron chi connectivity index (χ3n) is 4.83. The van der Waals surface area contributed by atoms with Crippen molar-refractivity contribution >= 4 is 17.7 Å². The van der Waals surface area contributed by atoms with E-state index in [2.05, 4.69) is 30.5 Å². The average Bonchev–Trinajstić information content (AvgIpc) is 3.24. The van der Waals surface area contributed by atoms with Crippen LogP contribution in [0.25, 0.3) is 11.3 Å². The Morgan fingerprint density at radius 3 is 2.83 bits per heavy atom. The molecule has 0 saturated carbocycles. The lowest BCUT2D eigenvalue weighted by Crippen LogP contribution is -2.39. The predicted octanol–water partition coefficient (Wildman–Crippen LogP) is 3.34. The Labute approximate surface area is 175 Å². The molecule has 3 heterocycles. The molecule has 1 saturated heterocycles. The first kappa shape index (κ1) is 19.6. The van der Waals surface area contributed by atoms with Crippen molar-refractivity contribution in [3.63, 3.8) is 0 Å². The van der Waals surface area contributed by atoms with Crippen LogP contribution >= 0.6 is 0 Å². The van der Waals surface area contributed by atoms with E-state index in [1.165, 1.54) is 0 Å². The summed E-state index contributed by atoms with van der Waals surface area (Å²) in [5.74, 6) is 1.44. The minimum atomic E-state index is -0.226. The summed E-state index contributed by atoms with van der Waals surface area (Å²) in [7, 11) is 0. The zero-order valence-electron chi connectivity index (χ0n) is 16.8. The van der Waals surface area contributed by atoms with Gasteiger partial charge in [0.15, 0.2) is 0 Å². The third kappa shape index (κ3) is 4.83. The molecular formula is C22H24N6O2. The number of carbonyl (C=O) groups is 1. The minimum Gasteiger partial charge on any atom is -0.494 e. The van der Waals surface area contributed by atoms with Crippen molar-refractivity contribution in [2.24, 2.45) is 0 Å². The van der Waals surface area contributed by atoms with Crippen molar-refractivity contribution in [1.82, 2.24) is 20.3 Å². The molecule has 0 aliphatic carbocycles. The first-order valence-electron chi connectivity index (χ1n) is 10.00. The lowest BCUT2D eigenvalue weighted by Gasteiger charge is -2.17. The van der Waals surface area contributed by atoms with Crippen LogP contribution in [-0.4, -0.2) is 46.7 Å². The fourth-order valence-corrected chi connectivity index (χ4v) is 3.39. The topological polar surface area (TPSA) is 92.3 Å². The van der Waals surface area contributed by atoms with E-state index in [-0.39, 0.29) is 12.1 Å². The van der Waals surface area contributed by atoms with E-state index in [4.69, 9.17) is 4.74 Å². The minimum absolute atomic E-state index is 0.0262. The molecule has 0 spiro atoms. The van der Waals surface area contributed by atoms with Crippen molar-refractivity contribution in [3.8, 4) is 17.0 Å². The van der Waals surface area contributed by atoms with Crippen LogP contribution in [0.4, 0.5) is 16.4 Å². The van der Waals surface area contributed by atoms with Crippen LogP contribution in [0.2, 0.25) is 0 Å². The Morgan fingerprint density at radius 2 is 2.07 bits per heavy atom. The third-order valence-corrected chi connectivity index (χ3v) is 4.83. The van der Waals surface area contributed by atoms with Crippen molar-refractivity contribution in [2.45, 2.75) is 19.4 Å². The molecule has 2 amide bonds. The average molecular weight is 404 g/mol. The number of nitrogens with zero attached hydrogens (tertiary/aromatic N) is 4. The Kier molecular flexibility index (Phi) is 6.03. The van der Waals surface area contributed by atoms with Crippen LogP contribution in [0, 0.1) is 0 Å². The molecule has 0 radical (unpaired) electrons. The number of pyridine rings is 1. The maximum atomic E-state index is 12.4. The first-order chi connectivity index (χ1) is 14.7. The standard InChI is InChI=1S/C22H24N6O2/c1-2-30-19-7-5-17(6-8-19)25-22(29)26-18-10-13-28(15-18)21-24-12-9-20(27-21)16-4-3-11-23-14-16/h3-9,11-12,14,18H,2,10,13,15H2,1H3,(H2,25,26,29). The van der Waals surface area contributed by atoms with E-state index < -0.39 is 0 Å². The van der Waals surface area contributed by atoms with Gasteiger partial charge >= 0.3 is 6.03 Å². The molecular weight excluding hydrogens is 380 g/mol. The van der Waals surface area contributed by atoms with Crippen LogP contribution in [0.15, 0.2) is 61.1 Å². The molecule has 4 rings (SSSR count). The second kappa shape index (κ2) is 9.21. The fourth-order valence-electron chi connectivity index (χ4n) is 3.39.